The molecule has 18 heavy (non-hydrogen) atoms. The SMILES string of the molecule is NC(=O)C1CC(O)CN1C(=O)c1ccc(Cl)nn1. The van der Waals surface area contributed by atoms with E-state index in [1.807, 2.05) is 0 Å². The highest BCUT2D eigenvalue weighted by Crippen LogP contribution is 2.19. The number of hydrogen-bond acceptors (Lipinski definition) is 5. The minimum atomic E-state index is -0.815. The number of aliphatic hydroxyl groups excluding tert-OH is 1. The number of halogens is 1. The van der Waals surface area contributed by atoms with E-state index in [9.17, 15) is 14.7 Å². The summed E-state index contributed by atoms with van der Waals surface area (Å²) in [5.41, 5.74) is 5.24. The molecule has 1 aliphatic heterocycles. The molecule has 2 amide bonds. The van der Waals surface area contributed by atoms with Gasteiger partial charge in [-0.1, -0.05) is 11.6 Å². The number of rotatable bonds is 2. The summed E-state index contributed by atoms with van der Waals surface area (Å²) in [7, 11) is 0. The second kappa shape index (κ2) is 4.87. The molecule has 1 fully saturated rings. The molecular formula is C10H11ClN4O3. The van der Waals surface area contributed by atoms with E-state index in [-0.39, 0.29) is 23.8 Å². The first-order valence-corrected chi connectivity index (χ1v) is 5.64. The Morgan fingerprint density at radius 3 is 2.72 bits per heavy atom. The highest BCUT2D eigenvalue weighted by molar-refractivity contribution is 6.29. The highest BCUT2D eigenvalue weighted by Gasteiger charge is 2.38. The number of nitrogens with two attached hydrogens (primary N) is 1. The van der Waals surface area contributed by atoms with Crippen molar-refractivity contribution < 1.29 is 14.7 Å². The predicted octanol–water partition coefficient (Wildman–Crippen LogP) is -0.809. The van der Waals surface area contributed by atoms with Crippen LogP contribution in [0.3, 0.4) is 0 Å². The predicted molar refractivity (Wildman–Crippen MR) is 61.7 cm³/mol. The Balaban J connectivity index is 2.22. The van der Waals surface area contributed by atoms with Gasteiger partial charge in [0.2, 0.25) is 5.91 Å². The van der Waals surface area contributed by atoms with Crippen LogP contribution in [0.25, 0.3) is 0 Å². The van der Waals surface area contributed by atoms with Gasteiger partial charge in [-0.3, -0.25) is 9.59 Å². The Morgan fingerprint density at radius 1 is 1.44 bits per heavy atom. The van der Waals surface area contributed by atoms with Gasteiger partial charge in [0, 0.05) is 13.0 Å². The number of carbonyl (C=O) groups excluding carboxylic acids is 2. The number of nitrogens with zero attached hydrogens (tertiary/aromatic N) is 3. The normalized spacial score (nSPS) is 23.1. The van der Waals surface area contributed by atoms with E-state index in [4.69, 9.17) is 17.3 Å². The van der Waals surface area contributed by atoms with Crippen molar-refractivity contribution in [3.8, 4) is 0 Å². The molecule has 2 rings (SSSR count). The van der Waals surface area contributed by atoms with Gasteiger partial charge in [0.1, 0.15) is 6.04 Å². The summed E-state index contributed by atoms with van der Waals surface area (Å²) in [4.78, 5) is 24.5. The molecule has 1 saturated heterocycles. The average Bonchev–Trinajstić information content (AvgIpc) is 2.71. The Kier molecular flexibility index (Phi) is 3.44. The molecule has 8 heteroatoms. The van der Waals surface area contributed by atoms with Crippen LogP contribution < -0.4 is 5.73 Å². The van der Waals surface area contributed by atoms with E-state index in [1.54, 1.807) is 0 Å². The van der Waals surface area contributed by atoms with Crippen molar-refractivity contribution >= 4 is 23.4 Å². The molecule has 0 saturated carbocycles. The molecular weight excluding hydrogens is 260 g/mol. The van der Waals surface area contributed by atoms with E-state index in [1.165, 1.54) is 17.0 Å². The van der Waals surface area contributed by atoms with Crippen LogP contribution in [0.2, 0.25) is 5.15 Å². The summed E-state index contributed by atoms with van der Waals surface area (Å²) in [6.07, 6.45) is -0.617. The van der Waals surface area contributed by atoms with Crippen molar-refractivity contribution in [3.05, 3.63) is 23.0 Å². The van der Waals surface area contributed by atoms with Crippen molar-refractivity contribution in [2.24, 2.45) is 5.73 Å². The van der Waals surface area contributed by atoms with Crippen LogP contribution in [0.1, 0.15) is 16.9 Å². The number of aromatic nitrogens is 2. The molecule has 0 aliphatic carbocycles. The molecule has 7 nitrogen and oxygen atoms in total. The lowest BCUT2D eigenvalue weighted by Gasteiger charge is -2.20. The molecule has 0 radical (unpaired) electrons. The van der Waals surface area contributed by atoms with Gasteiger partial charge in [-0.2, -0.15) is 0 Å². The third kappa shape index (κ3) is 2.41. The fraction of sp³-hybridized carbons (Fsp3) is 0.400. The van der Waals surface area contributed by atoms with Crippen LogP contribution in [-0.2, 0) is 4.79 Å². The molecule has 0 aromatic carbocycles. The molecule has 3 N–H and O–H groups in total. The first kappa shape index (κ1) is 12.7. The summed E-state index contributed by atoms with van der Waals surface area (Å²) in [6, 6.07) is 2.01. The topological polar surface area (TPSA) is 109 Å². The van der Waals surface area contributed by atoms with Crippen LogP contribution in [0.15, 0.2) is 12.1 Å². The Labute approximate surface area is 108 Å². The smallest absolute Gasteiger partial charge is 0.275 e. The van der Waals surface area contributed by atoms with E-state index in [0.29, 0.717) is 0 Å². The van der Waals surface area contributed by atoms with E-state index in [0.717, 1.165) is 0 Å². The third-order valence-corrected chi connectivity index (χ3v) is 2.92. The maximum atomic E-state index is 12.1. The van der Waals surface area contributed by atoms with Gasteiger partial charge in [-0.25, -0.2) is 0 Å². The van der Waals surface area contributed by atoms with E-state index in [2.05, 4.69) is 10.2 Å². The van der Waals surface area contributed by atoms with E-state index >= 15 is 0 Å². The van der Waals surface area contributed by atoms with Crippen molar-refractivity contribution in [2.45, 2.75) is 18.6 Å². The summed E-state index contributed by atoms with van der Waals surface area (Å²) in [6.45, 7) is 0.0523. The minimum Gasteiger partial charge on any atom is -0.391 e. The van der Waals surface area contributed by atoms with Gasteiger partial charge in [0.15, 0.2) is 10.8 Å². The minimum absolute atomic E-state index is 0.0523. The van der Waals surface area contributed by atoms with Crippen molar-refractivity contribution in [1.29, 1.82) is 0 Å². The molecule has 1 aromatic rings. The Morgan fingerprint density at radius 2 is 2.17 bits per heavy atom. The Bertz CT molecular complexity index is 479. The fourth-order valence-corrected chi connectivity index (χ4v) is 1.99. The third-order valence-electron chi connectivity index (χ3n) is 2.72. The van der Waals surface area contributed by atoms with Gasteiger partial charge >= 0.3 is 0 Å². The molecule has 2 atom stereocenters. The van der Waals surface area contributed by atoms with Crippen LogP contribution in [0.5, 0.6) is 0 Å². The summed E-state index contributed by atoms with van der Waals surface area (Å²) >= 11 is 5.57. The zero-order chi connectivity index (χ0) is 13.3. The lowest BCUT2D eigenvalue weighted by Crippen LogP contribution is -2.44. The molecule has 2 unspecified atom stereocenters. The lowest BCUT2D eigenvalue weighted by molar-refractivity contribution is -0.121. The first-order chi connectivity index (χ1) is 8.49. The number of hydrogen-bond donors (Lipinski definition) is 2. The van der Waals surface area contributed by atoms with Gasteiger partial charge in [-0.05, 0) is 12.1 Å². The molecule has 2 heterocycles. The summed E-state index contributed by atoms with van der Waals surface area (Å²) in [5, 5.41) is 16.9. The highest BCUT2D eigenvalue weighted by atomic mass is 35.5. The van der Waals surface area contributed by atoms with Crippen molar-refractivity contribution in [1.82, 2.24) is 15.1 Å². The number of aliphatic hydroxyl groups is 1. The summed E-state index contributed by atoms with van der Waals surface area (Å²) in [5.74, 6) is -1.15. The molecule has 0 spiro atoms. The van der Waals surface area contributed by atoms with E-state index < -0.39 is 24.0 Å². The zero-order valence-corrected chi connectivity index (χ0v) is 10.0. The number of likely N-dealkylation sites (tertiary alicyclic amines) is 1. The molecule has 1 aromatic heterocycles. The number of primary amides is 1. The summed E-state index contributed by atoms with van der Waals surface area (Å²) < 4.78 is 0. The monoisotopic (exact) mass is 270 g/mol. The lowest BCUT2D eigenvalue weighted by atomic mass is 10.2. The quantitative estimate of drug-likeness (QED) is 0.730. The molecule has 0 bridgehead atoms. The van der Waals surface area contributed by atoms with Gasteiger partial charge in [0.05, 0.1) is 6.10 Å². The van der Waals surface area contributed by atoms with Gasteiger partial charge < -0.3 is 15.7 Å². The number of β-amino-alcohol motifs (C(OH)–C–C–N with tert-alkyl or cyclic N) is 1. The Hall–Kier alpha value is -1.73. The zero-order valence-electron chi connectivity index (χ0n) is 9.28. The van der Waals surface area contributed by atoms with Crippen LogP contribution in [-0.4, -0.2) is 50.7 Å². The maximum absolute atomic E-state index is 12.1. The van der Waals surface area contributed by atoms with Crippen molar-refractivity contribution in [2.75, 3.05) is 6.54 Å². The second-order valence-electron chi connectivity index (χ2n) is 4.01. The standard InChI is InChI=1S/C10H11ClN4O3/c11-8-2-1-6(13-14-8)10(18)15-4-5(16)3-7(15)9(12)17/h1-2,5,7,16H,3-4H2,(H2,12,17). The molecule has 96 valence electrons. The number of carbonyl (C=O) groups is 2. The van der Waals surface area contributed by atoms with Gasteiger partial charge in [-0.15, -0.1) is 10.2 Å². The van der Waals surface area contributed by atoms with Crippen LogP contribution in [0.4, 0.5) is 0 Å². The van der Waals surface area contributed by atoms with Crippen LogP contribution >= 0.6 is 11.6 Å². The largest absolute Gasteiger partial charge is 0.391 e. The van der Waals surface area contributed by atoms with Crippen molar-refractivity contribution in [3.63, 3.8) is 0 Å². The van der Waals surface area contributed by atoms with Crippen LogP contribution in [0, 0.1) is 0 Å². The fourth-order valence-electron chi connectivity index (χ4n) is 1.89. The van der Waals surface area contributed by atoms with Gasteiger partial charge in [0.25, 0.3) is 5.91 Å². The first-order valence-electron chi connectivity index (χ1n) is 5.26. The molecule has 1 aliphatic rings. The second-order valence-corrected chi connectivity index (χ2v) is 4.39. The number of amides is 2. The average molecular weight is 271 g/mol. The maximum Gasteiger partial charge on any atom is 0.275 e.